The quantitative estimate of drug-likeness (QED) is 0.656. The van der Waals surface area contributed by atoms with Crippen molar-refractivity contribution in [2.75, 3.05) is 7.11 Å². The van der Waals surface area contributed by atoms with E-state index in [0.717, 1.165) is 6.07 Å². The van der Waals surface area contributed by atoms with Crippen molar-refractivity contribution in [1.29, 1.82) is 0 Å². The van der Waals surface area contributed by atoms with Crippen molar-refractivity contribution < 1.29 is 13.5 Å². The zero-order valence-electron chi connectivity index (χ0n) is 8.10. The summed E-state index contributed by atoms with van der Waals surface area (Å²) in [6.45, 7) is 4.25. The molecule has 1 aromatic carbocycles. The molecule has 0 unspecified atom stereocenters. The number of halogens is 2. The second kappa shape index (κ2) is 6.40. The minimum atomic E-state index is -0.940. The molecule has 1 rings (SSSR count). The fourth-order valence-electron chi connectivity index (χ4n) is 0.642. The van der Waals surface area contributed by atoms with E-state index in [4.69, 9.17) is 0 Å². The number of ether oxygens (including phenoxy) is 1. The third-order valence-corrected chi connectivity index (χ3v) is 1.14. The van der Waals surface area contributed by atoms with Crippen LogP contribution in [0.15, 0.2) is 18.2 Å². The smallest absolute Gasteiger partial charge is 0.200 e. The van der Waals surface area contributed by atoms with E-state index in [9.17, 15) is 8.78 Å². The number of hydrogen-bond donors (Lipinski definition) is 0. The van der Waals surface area contributed by atoms with Gasteiger partial charge in [0.25, 0.3) is 0 Å². The predicted octanol–water partition coefficient (Wildman–Crippen LogP) is 3.39. The van der Waals surface area contributed by atoms with Crippen LogP contribution in [0, 0.1) is 11.6 Å². The Bertz CT molecular complexity index is 249. The van der Waals surface area contributed by atoms with Crippen molar-refractivity contribution in [3.8, 4) is 5.75 Å². The van der Waals surface area contributed by atoms with Gasteiger partial charge in [0.2, 0.25) is 5.82 Å². The lowest BCUT2D eigenvalue weighted by Gasteiger charge is -1.99. The van der Waals surface area contributed by atoms with Gasteiger partial charge in [-0.2, -0.15) is 4.39 Å². The monoisotopic (exact) mass is 188 g/mol. The van der Waals surface area contributed by atoms with Crippen LogP contribution in [0.1, 0.15) is 20.3 Å². The molecule has 0 aliphatic carbocycles. The van der Waals surface area contributed by atoms with Gasteiger partial charge in [0.15, 0.2) is 11.6 Å². The van der Waals surface area contributed by atoms with Crippen molar-refractivity contribution in [3.63, 3.8) is 0 Å². The van der Waals surface area contributed by atoms with E-state index < -0.39 is 11.6 Å². The fraction of sp³-hybridized carbons (Fsp3) is 0.400. The van der Waals surface area contributed by atoms with Gasteiger partial charge in [-0.05, 0) is 12.1 Å². The third-order valence-electron chi connectivity index (χ3n) is 1.14. The minimum absolute atomic E-state index is 0.0694. The van der Waals surface area contributed by atoms with Gasteiger partial charge in [0.05, 0.1) is 7.11 Å². The first-order chi connectivity index (χ1) is 6.17. The molecule has 1 nitrogen and oxygen atoms in total. The molecule has 0 fully saturated rings. The average molecular weight is 188 g/mol. The standard InChI is InChI=1S/C7H6F2O.C3H8/c1-10-6-4-2-3-5(8)7(6)9;1-3-2/h2-4H,1H3;3H2,1-2H3. The highest BCUT2D eigenvalue weighted by Gasteiger charge is 2.05. The van der Waals surface area contributed by atoms with Crippen LogP contribution in [0.4, 0.5) is 8.78 Å². The number of rotatable bonds is 1. The van der Waals surface area contributed by atoms with Crippen molar-refractivity contribution in [1.82, 2.24) is 0 Å². The van der Waals surface area contributed by atoms with E-state index in [1.807, 2.05) is 0 Å². The van der Waals surface area contributed by atoms with Crippen molar-refractivity contribution >= 4 is 0 Å². The highest BCUT2D eigenvalue weighted by molar-refractivity contribution is 5.24. The number of hydrogen-bond acceptors (Lipinski definition) is 1. The molecule has 0 amide bonds. The Labute approximate surface area is 77.3 Å². The molecule has 0 N–H and O–H groups in total. The topological polar surface area (TPSA) is 9.23 Å². The molecular formula is C10H14F2O. The largest absolute Gasteiger partial charge is 0.494 e. The Morgan fingerprint density at radius 2 is 1.77 bits per heavy atom. The van der Waals surface area contributed by atoms with Crippen LogP contribution in [0.5, 0.6) is 5.75 Å². The fourth-order valence-corrected chi connectivity index (χ4v) is 0.642. The summed E-state index contributed by atoms with van der Waals surface area (Å²) in [6.07, 6.45) is 1.25. The first-order valence-corrected chi connectivity index (χ1v) is 4.15. The Balaban J connectivity index is 0.000000424. The van der Waals surface area contributed by atoms with E-state index in [2.05, 4.69) is 18.6 Å². The molecule has 0 heterocycles. The van der Waals surface area contributed by atoms with Gasteiger partial charge in [-0.15, -0.1) is 0 Å². The van der Waals surface area contributed by atoms with Crippen LogP contribution >= 0.6 is 0 Å². The average Bonchev–Trinajstić information content (AvgIpc) is 2.11. The second-order valence-electron chi connectivity index (χ2n) is 2.46. The molecule has 3 heteroatoms. The molecule has 0 aliphatic heterocycles. The molecule has 1 aromatic rings. The van der Waals surface area contributed by atoms with Crippen LogP contribution in [0.2, 0.25) is 0 Å². The molecule has 0 saturated heterocycles. The Hall–Kier alpha value is -1.12. The van der Waals surface area contributed by atoms with E-state index in [1.54, 1.807) is 0 Å². The molecule has 0 bridgehead atoms. The maximum atomic E-state index is 12.5. The molecule has 0 radical (unpaired) electrons. The molecule has 0 aliphatic rings. The molecule has 13 heavy (non-hydrogen) atoms. The summed E-state index contributed by atoms with van der Waals surface area (Å²) in [5.74, 6) is -1.90. The maximum absolute atomic E-state index is 12.5. The van der Waals surface area contributed by atoms with Crippen LogP contribution in [-0.4, -0.2) is 7.11 Å². The first-order valence-electron chi connectivity index (χ1n) is 4.15. The lowest BCUT2D eigenvalue weighted by Crippen LogP contribution is -1.90. The molecule has 0 spiro atoms. The van der Waals surface area contributed by atoms with Crippen LogP contribution in [-0.2, 0) is 0 Å². The molecule has 0 aromatic heterocycles. The van der Waals surface area contributed by atoms with E-state index in [-0.39, 0.29) is 5.75 Å². The Kier molecular flexibility index (Phi) is 5.85. The SMILES string of the molecule is CCC.COc1cccc(F)c1F. The lowest BCUT2D eigenvalue weighted by atomic mass is 10.3. The van der Waals surface area contributed by atoms with Crippen LogP contribution in [0.25, 0.3) is 0 Å². The highest BCUT2D eigenvalue weighted by Crippen LogP contribution is 2.17. The summed E-state index contributed by atoms with van der Waals surface area (Å²) in [5.41, 5.74) is 0. The maximum Gasteiger partial charge on any atom is 0.200 e. The van der Waals surface area contributed by atoms with Crippen molar-refractivity contribution in [2.45, 2.75) is 20.3 Å². The van der Waals surface area contributed by atoms with Crippen LogP contribution in [0.3, 0.4) is 0 Å². The summed E-state index contributed by atoms with van der Waals surface area (Å²) < 4.78 is 29.3. The van der Waals surface area contributed by atoms with Gasteiger partial charge < -0.3 is 4.74 Å². The highest BCUT2D eigenvalue weighted by atomic mass is 19.2. The summed E-state index contributed by atoms with van der Waals surface area (Å²) in [4.78, 5) is 0. The number of benzene rings is 1. The summed E-state index contributed by atoms with van der Waals surface area (Å²) in [7, 11) is 1.29. The van der Waals surface area contributed by atoms with Gasteiger partial charge in [-0.3, -0.25) is 0 Å². The van der Waals surface area contributed by atoms with Gasteiger partial charge >= 0.3 is 0 Å². The molecular weight excluding hydrogens is 174 g/mol. The predicted molar refractivity (Wildman–Crippen MR) is 48.9 cm³/mol. The Morgan fingerprint density at radius 1 is 1.23 bits per heavy atom. The van der Waals surface area contributed by atoms with Crippen molar-refractivity contribution in [2.24, 2.45) is 0 Å². The zero-order chi connectivity index (χ0) is 10.3. The Morgan fingerprint density at radius 3 is 2.15 bits per heavy atom. The zero-order valence-corrected chi connectivity index (χ0v) is 8.10. The lowest BCUT2D eigenvalue weighted by molar-refractivity contribution is 0.372. The van der Waals surface area contributed by atoms with Gasteiger partial charge in [-0.1, -0.05) is 26.3 Å². The van der Waals surface area contributed by atoms with E-state index in [0.29, 0.717) is 0 Å². The van der Waals surface area contributed by atoms with Gasteiger partial charge in [0.1, 0.15) is 0 Å². The normalized spacial score (nSPS) is 8.69. The van der Waals surface area contributed by atoms with E-state index >= 15 is 0 Å². The first kappa shape index (κ1) is 11.9. The van der Waals surface area contributed by atoms with E-state index in [1.165, 1.54) is 25.7 Å². The summed E-state index contributed by atoms with van der Waals surface area (Å²) in [5, 5.41) is 0. The van der Waals surface area contributed by atoms with Gasteiger partial charge in [-0.25, -0.2) is 4.39 Å². The van der Waals surface area contributed by atoms with Gasteiger partial charge in [0, 0.05) is 0 Å². The number of methoxy groups -OCH3 is 1. The molecule has 0 saturated carbocycles. The third kappa shape index (κ3) is 3.87. The summed E-state index contributed by atoms with van der Waals surface area (Å²) >= 11 is 0. The van der Waals surface area contributed by atoms with Crippen molar-refractivity contribution in [3.05, 3.63) is 29.8 Å². The minimum Gasteiger partial charge on any atom is -0.494 e. The second-order valence-corrected chi connectivity index (χ2v) is 2.46. The van der Waals surface area contributed by atoms with Crippen LogP contribution < -0.4 is 4.74 Å². The molecule has 74 valence electrons. The summed E-state index contributed by atoms with van der Waals surface area (Å²) in [6, 6.07) is 3.79. The molecule has 0 atom stereocenters.